The predicted molar refractivity (Wildman–Crippen MR) is 91.0 cm³/mol. The number of allylic oxidation sites excluding steroid dienone is 2. The third-order valence-corrected chi connectivity index (χ3v) is 5.57. The van der Waals surface area contributed by atoms with Crippen LogP contribution < -0.4 is 0 Å². The van der Waals surface area contributed by atoms with E-state index in [1.165, 1.54) is 16.7 Å². The van der Waals surface area contributed by atoms with Crippen molar-refractivity contribution in [2.45, 2.75) is 52.7 Å². The fourth-order valence-electron chi connectivity index (χ4n) is 4.04. The summed E-state index contributed by atoms with van der Waals surface area (Å²) < 4.78 is 11.4. The van der Waals surface area contributed by atoms with Crippen LogP contribution in [-0.4, -0.2) is 24.1 Å². The highest BCUT2D eigenvalue weighted by Crippen LogP contribution is 2.49. The fraction of sp³-hybridized carbons (Fsp3) is 0.500. The van der Waals surface area contributed by atoms with E-state index in [0.717, 1.165) is 6.42 Å². The van der Waals surface area contributed by atoms with Crippen molar-refractivity contribution in [3.63, 3.8) is 0 Å². The minimum atomic E-state index is -0.415. The smallest absolute Gasteiger partial charge is 0.334 e. The second-order valence-corrected chi connectivity index (χ2v) is 6.98. The Labute approximate surface area is 142 Å². The highest BCUT2D eigenvalue weighted by molar-refractivity contribution is 5.92. The Bertz CT molecular complexity index is 707. The molecule has 1 fully saturated rings. The van der Waals surface area contributed by atoms with Gasteiger partial charge in [-0.25, -0.2) is 9.59 Å². The maximum Gasteiger partial charge on any atom is 0.334 e. The van der Waals surface area contributed by atoms with Crippen LogP contribution in [0.15, 0.2) is 46.6 Å². The van der Waals surface area contributed by atoms with Crippen LogP contribution in [0.3, 0.4) is 0 Å². The lowest BCUT2D eigenvalue weighted by atomic mass is 9.82. The normalized spacial score (nSPS) is 32.8. The van der Waals surface area contributed by atoms with Crippen molar-refractivity contribution < 1.29 is 19.1 Å². The summed E-state index contributed by atoms with van der Waals surface area (Å²) in [5.74, 6) is -0.910. The summed E-state index contributed by atoms with van der Waals surface area (Å²) in [6.45, 7) is 11.6. The second kappa shape index (κ2) is 6.08. The molecule has 0 amide bonds. The molecule has 1 saturated heterocycles. The van der Waals surface area contributed by atoms with Gasteiger partial charge in [-0.2, -0.15) is 0 Å². The van der Waals surface area contributed by atoms with Gasteiger partial charge in [0.05, 0.1) is 5.92 Å². The van der Waals surface area contributed by atoms with E-state index in [0.29, 0.717) is 17.6 Å². The van der Waals surface area contributed by atoms with E-state index in [1.807, 2.05) is 0 Å². The molecule has 2 aliphatic carbocycles. The average molecular weight is 328 g/mol. The molecular formula is C20H24O4. The van der Waals surface area contributed by atoms with Crippen molar-refractivity contribution in [1.29, 1.82) is 0 Å². The summed E-state index contributed by atoms with van der Waals surface area (Å²) in [5.41, 5.74) is 4.73. The van der Waals surface area contributed by atoms with Crippen molar-refractivity contribution in [3.8, 4) is 0 Å². The van der Waals surface area contributed by atoms with E-state index >= 15 is 0 Å². The summed E-state index contributed by atoms with van der Waals surface area (Å²) in [4.78, 5) is 24.4. The molecule has 3 aliphatic rings. The van der Waals surface area contributed by atoms with Crippen molar-refractivity contribution in [3.05, 3.63) is 46.6 Å². The molecule has 0 spiro atoms. The van der Waals surface area contributed by atoms with Gasteiger partial charge in [0.15, 0.2) is 0 Å². The molecule has 0 saturated carbocycles. The van der Waals surface area contributed by atoms with Crippen LogP contribution in [0.1, 0.15) is 40.5 Å². The Hall–Kier alpha value is -2.10. The predicted octanol–water partition coefficient (Wildman–Crippen LogP) is 3.65. The van der Waals surface area contributed by atoms with Crippen LogP contribution in [0.4, 0.5) is 0 Å². The van der Waals surface area contributed by atoms with Crippen LogP contribution in [-0.2, 0) is 19.1 Å². The maximum absolute atomic E-state index is 12.3. The van der Waals surface area contributed by atoms with Gasteiger partial charge in [-0.05, 0) is 34.1 Å². The van der Waals surface area contributed by atoms with E-state index in [9.17, 15) is 9.59 Å². The molecule has 1 heterocycles. The molecule has 4 atom stereocenters. The molecule has 128 valence electrons. The molecule has 0 radical (unpaired) electrons. The summed E-state index contributed by atoms with van der Waals surface area (Å²) in [6, 6.07) is 0. The number of carbonyl (C=O) groups is 2. The van der Waals surface area contributed by atoms with Crippen LogP contribution in [0.2, 0.25) is 0 Å². The third kappa shape index (κ3) is 2.54. The molecule has 0 aromatic carbocycles. The van der Waals surface area contributed by atoms with Gasteiger partial charge < -0.3 is 9.47 Å². The quantitative estimate of drug-likeness (QED) is 0.441. The molecule has 0 bridgehead atoms. The SMILES string of the molecule is C=C1C(=O)OC2C3C(C)=CCC3=C(C)CC(OC(=O)C(C)=CC)C12. The van der Waals surface area contributed by atoms with Gasteiger partial charge in [0, 0.05) is 23.5 Å². The van der Waals surface area contributed by atoms with Gasteiger partial charge in [-0.1, -0.05) is 35.5 Å². The highest BCUT2D eigenvalue weighted by atomic mass is 16.6. The topological polar surface area (TPSA) is 52.6 Å². The lowest BCUT2D eigenvalue weighted by Gasteiger charge is -2.28. The number of ether oxygens (including phenoxy) is 2. The third-order valence-electron chi connectivity index (χ3n) is 5.57. The number of esters is 2. The van der Waals surface area contributed by atoms with E-state index in [2.05, 4.69) is 26.5 Å². The number of hydrogen-bond donors (Lipinski definition) is 0. The van der Waals surface area contributed by atoms with Crippen LogP contribution in [0, 0.1) is 11.8 Å². The second-order valence-electron chi connectivity index (χ2n) is 6.98. The zero-order valence-electron chi connectivity index (χ0n) is 14.7. The molecule has 4 unspecified atom stereocenters. The van der Waals surface area contributed by atoms with E-state index in [1.54, 1.807) is 19.9 Å². The standard InChI is InChI=1S/C20H24O4/c1-6-10(2)19(21)23-15-9-12(4)14-8-7-11(3)16(14)18-17(15)13(5)20(22)24-18/h6-7,15-18H,5,8-9H2,1-4H3. The minimum Gasteiger partial charge on any atom is -0.458 e. The first-order valence-electron chi connectivity index (χ1n) is 8.44. The van der Waals surface area contributed by atoms with Crippen LogP contribution in [0.5, 0.6) is 0 Å². The molecule has 4 nitrogen and oxygen atoms in total. The van der Waals surface area contributed by atoms with Crippen molar-refractivity contribution in [2.24, 2.45) is 11.8 Å². The molecule has 0 aromatic rings. The first-order valence-corrected chi connectivity index (χ1v) is 8.44. The first kappa shape index (κ1) is 16.7. The summed E-state index contributed by atoms with van der Waals surface area (Å²) in [6.07, 6.45) is 4.69. The van der Waals surface area contributed by atoms with Gasteiger partial charge in [-0.15, -0.1) is 0 Å². The monoisotopic (exact) mass is 328 g/mol. The summed E-state index contributed by atoms with van der Waals surface area (Å²) in [7, 11) is 0. The highest BCUT2D eigenvalue weighted by Gasteiger charge is 2.52. The Morgan fingerprint density at radius 1 is 1.42 bits per heavy atom. The maximum atomic E-state index is 12.3. The zero-order chi connectivity index (χ0) is 17.6. The lowest BCUT2D eigenvalue weighted by Crippen LogP contribution is -2.36. The van der Waals surface area contributed by atoms with Gasteiger partial charge in [-0.3, -0.25) is 0 Å². The Morgan fingerprint density at radius 3 is 2.79 bits per heavy atom. The fourth-order valence-corrected chi connectivity index (χ4v) is 4.04. The van der Waals surface area contributed by atoms with E-state index < -0.39 is 6.10 Å². The molecule has 3 rings (SSSR count). The Kier molecular flexibility index (Phi) is 4.24. The largest absolute Gasteiger partial charge is 0.458 e. The first-order chi connectivity index (χ1) is 11.3. The molecule has 24 heavy (non-hydrogen) atoms. The van der Waals surface area contributed by atoms with Crippen molar-refractivity contribution >= 4 is 11.9 Å². The number of fused-ring (bicyclic) bond motifs is 3. The van der Waals surface area contributed by atoms with Gasteiger partial charge in [0.1, 0.15) is 12.2 Å². The Morgan fingerprint density at radius 2 is 2.12 bits per heavy atom. The number of hydrogen-bond acceptors (Lipinski definition) is 4. The number of rotatable bonds is 2. The Balaban J connectivity index is 1.99. The summed E-state index contributed by atoms with van der Waals surface area (Å²) >= 11 is 0. The molecule has 0 aromatic heterocycles. The zero-order valence-corrected chi connectivity index (χ0v) is 14.7. The van der Waals surface area contributed by atoms with Crippen molar-refractivity contribution in [1.82, 2.24) is 0 Å². The van der Waals surface area contributed by atoms with Gasteiger partial charge in [0.2, 0.25) is 0 Å². The number of carbonyl (C=O) groups excluding carboxylic acids is 2. The van der Waals surface area contributed by atoms with E-state index in [-0.39, 0.29) is 29.9 Å². The summed E-state index contributed by atoms with van der Waals surface area (Å²) in [5, 5.41) is 0. The lowest BCUT2D eigenvalue weighted by molar-refractivity contribution is -0.148. The van der Waals surface area contributed by atoms with Crippen molar-refractivity contribution in [2.75, 3.05) is 0 Å². The van der Waals surface area contributed by atoms with Gasteiger partial charge >= 0.3 is 11.9 Å². The van der Waals surface area contributed by atoms with E-state index in [4.69, 9.17) is 9.47 Å². The average Bonchev–Trinajstić information content (AvgIpc) is 3.02. The molecule has 0 N–H and O–H groups in total. The van der Waals surface area contributed by atoms with Crippen LogP contribution >= 0.6 is 0 Å². The minimum absolute atomic E-state index is 0.0877. The van der Waals surface area contributed by atoms with Crippen LogP contribution in [0.25, 0.3) is 0 Å². The van der Waals surface area contributed by atoms with Gasteiger partial charge in [0.25, 0.3) is 0 Å². The molecule has 4 heteroatoms. The molecule has 1 aliphatic heterocycles. The molecular weight excluding hydrogens is 304 g/mol.